The number of nitrogens with zero attached hydrogens (tertiary/aromatic N) is 2. The van der Waals surface area contributed by atoms with E-state index in [0.29, 0.717) is 0 Å². The Hall–Kier alpha value is -1.11. The van der Waals surface area contributed by atoms with Crippen molar-refractivity contribution in [1.82, 2.24) is 9.80 Å². The number of hydrogen-bond acceptors (Lipinski definition) is 5. The second-order valence-corrected chi connectivity index (χ2v) is 6.36. The molecule has 0 atom stereocenters. The van der Waals surface area contributed by atoms with Crippen molar-refractivity contribution in [3.05, 3.63) is 15.8 Å². The third-order valence-corrected chi connectivity index (χ3v) is 4.71. The van der Waals surface area contributed by atoms with Gasteiger partial charge in [-0.25, -0.2) is 0 Å². The van der Waals surface area contributed by atoms with Crippen LogP contribution in [-0.2, 0) is 4.74 Å². The molecule has 0 radical (unpaired) electrons. The van der Waals surface area contributed by atoms with Crippen LogP contribution in [0.15, 0.2) is 6.07 Å². The van der Waals surface area contributed by atoms with E-state index < -0.39 is 0 Å². The molecule has 0 unspecified atom stereocenters. The van der Waals surface area contributed by atoms with Gasteiger partial charge in [-0.2, -0.15) is 0 Å². The van der Waals surface area contributed by atoms with Crippen molar-refractivity contribution in [3.8, 4) is 0 Å². The summed E-state index contributed by atoms with van der Waals surface area (Å²) in [4.78, 5) is 18.5. The number of nitrogens with two attached hydrogens (primary N) is 1. The van der Waals surface area contributed by atoms with Crippen LogP contribution >= 0.6 is 11.3 Å². The molecule has 0 bridgehead atoms. The highest BCUT2D eigenvalue weighted by atomic mass is 32.1. The highest BCUT2D eigenvalue weighted by Crippen LogP contribution is 2.25. The van der Waals surface area contributed by atoms with Crippen molar-refractivity contribution in [1.29, 1.82) is 0 Å². The highest BCUT2D eigenvalue weighted by molar-refractivity contribution is 7.14. The van der Waals surface area contributed by atoms with E-state index in [9.17, 15) is 4.79 Å². The average Bonchev–Trinajstić information content (AvgIpc) is 2.66. The maximum atomic E-state index is 12.5. The summed E-state index contributed by atoms with van der Waals surface area (Å²) in [5, 5.41) is 0. The number of ether oxygens (including phenoxy) is 1. The van der Waals surface area contributed by atoms with Gasteiger partial charge in [0.25, 0.3) is 5.91 Å². The fourth-order valence-corrected chi connectivity index (χ4v) is 3.28. The summed E-state index contributed by atoms with van der Waals surface area (Å²) in [6.07, 6.45) is 1.01. The van der Waals surface area contributed by atoms with Gasteiger partial charge in [0.1, 0.15) is 0 Å². The van der Waals surface area contributed by atoms with Crippen LogP contribution in [0.1, 0.15) is 21.0 Å². The zero-order chi connectivity index (χ0) is 14.5. The Balaban J connectivity index is 1.94. The lowest BCUT2D eigenvalue weighted by Crippen LogP contribution is -2.35. The first kappa shape index (κ1) is 15.3. The van der Waals surface area contributed by atoms with Crippen molar-refractivity contribution in [3.63, 3.8) is 0 Å². The Morgan fingerprint density at radius 3 is 2.85 bits per heavy atom. The van der Waals surface area contributed by atoms with E-state index in [-0.39, 0.29) is 5.91 Å². The summed E-state index contributed by atoms with van der Waals surface area (Å²) in [5.41, 5.74) is 6.55. The van der Waals surface area contributed by atoms with Crippen LogP contribution in [0.4, 0.5) is 5.69 Å². The zero-order valence-electron chi connectivity index (χ0n) is 12.2. The van der Waals surface area contributed by atoms with E-state index in [1.807, 2.05) is 11.8 Å². The number of carbonyl (C=O) groups is 1. The van der Waals surface area contributed by atoms with Crippen LogP contribution in [0.25, 0.3) is 0 Å². The lowest BCUT2D eigenvalue weighted by molar-refractivity contribution is 0.0764. The van der Waals surface area contributed by atoms with E-state index in [0.717, 1.165) is 61.2 Å². The largest absolute Gasteiger partial charge is 0.398 e. The van der Waals surface area contributed by atoms with E-state index in [4.69, 9.17) is 10.5 Å². The second kappa shape index (κ2) is 7.06. The first-order valence-electron chi connectivity index (χ1n) is 6.98. The Kier molecular flexibility index (Phi) is 5.39. The number of rotatable bonds is 4. The minimum atomic E-state index is 0.114. The number of amides is 1. The molecule has 20 heavy (non-hydrogen) atoms. The van der Waals surface area contributed by atoms with Gasteiger partial charge >= 0.3 is 0 Å². The minimum absolute atomic E-state index is 0.114. The van der Waals surface area contributed by atoms with Gasteiger partial charge in [0.05, 0.1) is 11.5 Å². The predicted molar refractivity (Wildman–Crippen MR) is 82.3 cm³/mol. The van der Waals surface area contributed by atoms with Crippen molar-refractivity contribution in [2.24, 2.45) is 0 Å². The number of anilines is 1. The number of thiophene rings is 1. The molecule has 2 N–H and O–H groups in total. The van der Waals surface area contributed by atoms with Crippen LogP contribution in [0.5, 0.6) is 0 Å². The van der Waals surface area contributed by atoms with E-state index >= 15 is 0 Å². The van der Waals surface area contributed by atoms with Crippen molar-refractivity contribution >= 4 is 22.9 Å². The number of carbonyl (C=O) groups excluding carboxylic acids is 1. The second-order valence-electron chi connectivity index (χ2n) is 5.10. The van der Waals surface area contributed by atoms with E-state index in [1.54, 1.807) is 13.2 Å². The summed E-state index contributed by atoms with van der Waals surface area (Å²) in [6.45, 7) is 7.16. The van der Waals surface area contributed by atoms with Crippen LogP contribution in [0.2, 0.25) is 0 Å². The summed E-state index contributed by atoms with van der Waals surface area (Å²) in [6, 6.07) is 1.80. The molecule has 5 nitrogen and oxygen atoms in total. The highest BCUT2D eigenvalue weighted by Gasteiger charge is 2.21. The molecule has 0 spiro atoms. The molecule has 1 fully saturated rings. The summed E-state index contributed by atoms with van der Waals surface area (Å²) >= 11 is 1.49. The fraction of sp³-hybridized carbons (Fsp3) is 0.643. The quantitative estimate of drug-likeness (QED) is 0.913. The monoisotopic (exact) mass is 297 g/mol. The number of aryl methyl sites for hydroxylation is 1. The fourth-order valence-electron chi connectivity index (χ4n) is 2.38. The number of hydrogen-bond donors (Lipinski definition) is 1. The molecule has 0 aliphatic carbocycles. The molecule has 112 valence electrons. The smallest absolute Gasteiger partial charge is 0.264 e. The van der Waals surface area contributed by atoms with Crippen molar-refractivity contribution in [2.75, 3.05) is 52.2 Å². The van der Waals surface area contributed by atoms with Crippen LogP contribution < -0.4 is 5.73 Å². The molecular weight excluding hydrogens is 274 g/mol. The Labute approximate surface area is 124 Å². The van der Waals surface area contributed by atoms with E-state index in [2.05, 4.69) is 4.90 Å². The van der Waals surface area contributed by atoms with Gasteiger partial charge in [0.15, 0.2) is 0 Å². The molecule has 0 saturated carbocycles. The zero-order valence-corrected chi connectivity index (χ0v) is 13.0. The third kappa shape index (κ3) is 3.71. The number of nitrogen functional groups attached to an aromatic ring is 1. The van der Waals surface area contributed by atoms with Crippen LogP contribution in [0, 0.1) is 6.92 Å². The molecule has 6 heteroatoms. The van der Waals surface area contributed by atoms with Gasteiger partial charge in [0.2, 0.25) is 0 Å². The SMILES string of the molecule is COCCN1CCCN(C(=O)c2cc(N)c(C)s2)CC1. The van der Waals surface area contributed by atoms with Crippen LogP contribution in [0.3, 0.4) is 0 Å². The van der Waals surface area contributed by atoms with E-state index in [1.165, 1.54) is 11.3 Å². The standard InChI is InChI=1S/C14H23N3O2S/c1-11-12(15)10-13(20-11)14(18)17-5-3-4-16(6-7-17)8-9-19-2/h10H,3-9,15H2,1-2H3. The predicted octanol–water partition coefficient (Wildman–Crippen LogP) is 1.43. The molecule has 1 aliphatic heterocycles. The summed E-state index contributed by atoms with van der Waals surface area (Å²) in [5.74, 6) is 0.114. The average molecular weight is 297 g/mol. The Bertz CT molecular complexity index is 442. The molecular formula is C14H23N3O2S. The molecule has 1 aliphatic rings. The summed E-state index contributed by atoms with van der Waals surface area (Å²) < 4.78 is 5.11. The minimum Gasteiger partial charge on any atom is -0.398 e. The maximum absolute atomic E-state index is 12.5. The van der Waals surface area contributed by atoms with Gasteiger partial charge in [-0.1, -0.05) is 0 Å². The van der Waals surface area contributed by atoms with Crippen molar-refractivity contribution < 1.29 is 9.53 Å². The normalized spacial score (nSPS) is 17.2. The van der Waals surface area contributed by atoms with Gasteiger partial charge in [-0.3, -0.25) is 9.69 Å². The molecule has 1 amide bonds. The molecule has 2 rings (SSSR count). The molecule has 1 saturated heterocycles. The van der Waals surface area contributed by atoms with Gasteiger partial charge in [-0.05, 0) is 26.0 Å². The van der Waals surface area contributed by atoms with Crippen LogP contribution in [-0.4, -0.2) is 62.1 Å². The van der Waals surface area contributed by atoms with Gasteiger partial charge < -0.3 is 15.4 Å². The Morgan fingerprint density at radius 1 is 1.40 bits per heavy atom. The molecule has 1 aromatic heterocycles. The number of methoxy groups -OCH3 is 1. The lowest BCUT2D eigenvalue weighted by atomic mass is 10.3. The maximum Gasteiger partial charge on any atom is 0.264 e. The molecule has 1 aromatic rings. The van der Waals surface area contributed by atoms with Gasteiger partial charge in [0, 0.05) is 43.9 Å². The topological polar surface area (TPSA) is 58.8 Å². The molecule has 0 aromatic carbocycles. The summed E-state index contributed by atoms with van der Waals surface area (Å²) in [7, 11) is 1.72. The van der Waals surface area contributed by atoms with Crippen molar-refractivity contribution in [2.45, 2.75) is 13.3 Å². The van der Waals surface area contributed by atoms with Gasteiger partial charge in [-0.15, -0.1) is 11.3 Å². The molecule has 2 heterocycles. The lowest BCUT2D eigenvalue weighted by Gasteiger charge is -2.21. The Morgan fingerprint density at radius 2 is 2.20 bits per heavy atom. The third-order valence-electron chi connectivity index (χ3n) is 3.65. The first-order chi connectivity index (χ1) is 9.61. The first-order valence-corrected chi connectivity index (χ1v) is 7.80.